The maximum Gasteiger partial charge on any atom is 0.205 e. The topological polar surface area (TPSA) is 47.0 Å². The van der Waals surface area contributed by atoms with Crippen molar-refractivity contribution in [2.24, 2.45) is 0 Å². The Hall–Kier alpha value is -1.62. The Balaban J connectivity index is 2.07. The fourth-order valence-corrected chi connectivity index (χ4v) is 2.18. The molecule has 2 rings (SSSR count). The average molecular weight is 249 g/mol. The van der Waals surface area contributed by atoms with Crippen LogP contribution in [0.5, 0.6) is 5.75 Å². The summed E-state index contributed by atoms with van der Waals surface area (Å²) in [5, 5.41) is 12.7. The largest absolute Gasteiger partial charge is 0.486 e. The molecule has 0 spiro atoms. The first-order valence-corrected chi connectivity index (χ1v) is 6.21. The summed E-state index contributed by atoms with van der Waals surface area (Å²) in [7, 11) is 1.83. The third-order valence-electron chi connectivity index (χ3n) is 2.43. The van der Waals surface area contributed by atoms with Crippen LogP contribution >= 0.6 is 11.3 Å². The molecule has 0 unspecified atom stereocenters. The molecule has 1 N–H and O–H groups in total. The summed E-state index contributed by atoms with van der Waals surface area (Å²) in [5.41, 5.74) is 2.28. The summed E-state index contributed by atoms with van der Waals surface area (Å²) in [5.74, 6) is 0.939. The molecular weight excluding hydrogens is 234 g/mol. The van der Waals surface area contributed by atoms with Gasteiger partial charge in [-0.1, -0.05) is 29.5 Å². The third kappa shape index (κ3) is 2.74. The first kappa shape index (κ1) is 11.9. The van der Waals surface area contributed by atoms with E-state index in [1.165, 1.54) is 11.3 Å². The molecule has 2 aromatic rings. The number of rotatable bonds is 4. The number of hydrogen-bond acceptors (Lipinski definition) is 5. The van der Waals surface area contributed by atoms with Crippen LogP contribution in [0.3, 0.4) is 0 Å². The molecule has 0 amide bonds. The molecule has 5 heteroatoms. The van der Waals surface area contributed by atoms with Crippen molar-refractivity contribution >= 4 is 16.5 Å². The highest BCUT2D eigenvalue weighted by Crippen LogP contribution is 2.24. The van der Waals surface area contributed by atoms with Gasteiger partial charge >= 0.3 is 0 Å². The van der Waals surface area contributed by atoms with Gasteiger partial charge in [0.25, 0.3) is 0 Å². The standard InChI is InChI=1S/C12H15N3OS/c1-8-5-4-6-9(2)11(8)16-7-10-14-15-12(13-3)17-10/h4-6H,7H2,1-3H3,(H,13,15). The van der Waals surface area contributed by atoms with Crippen LogP contribution in [0.15, 0.2) is 18.2 Å². The highest BCUT2D eigenvalue weighted by molar-refractivity contribution is 7.15. The van der Waals surface area contributed by atoms with Crippen LogP contribution in [0, 0.1) is 13.8 Å². The number of ether oxygens (including phenoxy) is 1. The lowest BCUT2D eigenvalue weighted by Crippen LogP contribution is -1.98. The lowest BCUT2D eigenvalue weighted by molar-refractivity contribution is 0.300. The zero-order valence-electron chi connectivity index (χ0n) is 10.2. The van der Waals surface area contributed by atoms with Crippen LogP contribution in [0.2, 0.25) is 0 Å². The zero-order chi connectivity index (χ0) is 12.3. The Morgan fingerprint density at radius 1 is 1.24 bits per heavy atom. The van der Waals surface area contributed by atoms with Crippen LogP contribution in [0.25, 0.3) is 0 Å². The highest BCUT2D eigenvalue weighted by Gasteiger charge is 2.06. The number of aryl methyl sites for hydroxylation is 2. The summed E-state index contributed by atoms with van der Waals surface area (Å²) < 4.78 is 5.79. The second-order valence-corrected chi connectivity index (χ2v) is 4.82. The SMILES string of the molecule is CNc1nnc(COc2c(C)cccc2C)s1. The number of benzene rings is 1. The van der Waals surface area contributed by atoms with Crippen molar-refractivity contribution in [3.05, 3.63) is 34.3 Å². The highest BCUT2D eigenvalue weighted by atomic mass is 32.1. The normalized spacial score (nSPS) is 10.3. The van der Waals surface area contributed by atoms with Gasteiger partial charge in [-0.05, 0) is 25.0 Å². The number of para-hydroxylation sites is 1. The molecule has 0 atom stereocenters. The third-order valence-corrected chi connectivity index (χ3v) is 3.34. The molecule has 0 fully saturated rings. The molecule has 90 valence electrons. The zero-order valence-corrected chi connectivity index (χ0v) is 11.0. The maximum atomic E-state index is 5.79. The molecule has 0 aliphatic carbocycles. The quantitative estimate of drug-likeness (QED) is 0.905. The molecule has 0 saturated heterocycles. The average Bonchev–Trinajstić information content (AvgIpc) is 2.76. The first-order chi connectivity index (χ1) is 8.20. The molecule has 0 aliphatic rings. The molecular formula is C12H15N3OS. The molecule has 4 nitrogen and oxygen atoms in total. The lowest BCUT2D eigenvalue weighted by atomic mass is 10.1. The molecule has 0 radical (unpaired) electrons. The summed E-state index contributed by atoms with van der Waals surface area (Å²) in [4.78, 5) is 0. The predicted molar refractivity (Wildman–Crippen MR) is 69.7 cm³/mol. The number of nitrogens with zero attached hydrogens (tertiary/aromatic N) is 2. The Morgan fingerprint density at radius 3 is 2.53 bits per heavy atom. The monoisotopic (exact) mass is 249 g/mol. The van der Waals surface area contributed by atoms with E-state index in [0.717, 1.165) is 27.0 Å². The van der Waals surface area contributed by atoms with Gasteiger partial charge in [0.15, 0.2) is 5.01 Å². The molecule has 1 heterocycles. The van der Waals surface area contributed by atoms with Crippen LogP contribution in [-0.4, -0.2) is 17.2 Å². The van der Waals surface area contributed by atoms with E-state index in [1.807, 2.05) is 39.1 Å². The van der Waals surface area contributed by atoms with Crippen molar-refractivity contribution in [1.82, 2.24) is 10.2 Å². The number of hydrogen-bond donors (Lipinski definition) is 1. The van der Waals surface area contributed by atoms with Gasteiger partial charge < -0.3 is 10.1 Å². The molecule has 1 aromatic heterocycles. The number of nitrogens with one attached hydrogen (secondary N) is 1. The first-order valence-electron chi connectivity index (χ1n) is 5.40. The van der Waals surface area contributed by atoms with Gasteiger partial charge in [0.2, 0.25) is 5.13 Å². The fraction of sp³-hybridized carbons (Fsp3) is 0.333. The maximum absolute atomic E-state index is 5.79. The minimum Gasteiger partial charge on any atom is -0.486 e. The molecule has 0 bridgehead atoms. The van der Waals surface area contributed by atoms with Gasteiger partial charge in [-0.25, -0.2) is 0 Å². The summed E-state index contributed by atoms with van der Waals surface area (Å²) in [6.07, 6.45) is 0. The van der Waals surface area contributed by atoms with Gasteiger partial charge in [-0.15, -0.1) is 10.2 Å². The number of anilines is 1. The Bertz CT molecular complexity index is 490. The molecule has 0 saturated carbocycles. The van der Waals surface area contributed by atoms with Gasteiger partial charge in [-0.2, -0.15) is 0 Å². The van der Waals surface area contributed by atoms with E-state index < -0.39 is 0 Å². The minimum atomic E-state index is 0.463. The fourth-order valence-electron chi connectivity index (χ4n) is 1.57. The van der Waals surface area contributed by atoms with E-state index >= 15 is 0 Å². The summed E-state index contributed by atoms with van der Waals surface area (Å²) in [6, 6.07) is 6.12. The van der Waals surface area contributed by atoms with Gasteiger partial charge in [0.05, 0.1) is 0 Å². The lowest BCUT2D eigenvalue weighted by Gasteiger charge is -2.09. The summed E-state index contributed by atoms with van der Waals surface area (Å²) >= 11 is 1.51. The summed E-state index contributed by atoms with van der Waals surface area (Å²) in [6.45, 7) is 4.55. The van der Waals surface area contributed by atoms with Gasteiger partial charge in [0.1, 0.15) is 12.4 Å². The Morgan fingerprint density at radius 2 is 1.94 bits per heavy atom. The second kappa shape index (κ2) is 5.14. The van der Waals surface area contributed by atoms with Crippen LogP contribution in [0.1, 0.15) is 16.1 Å². The Labute approximate surface area is 105 Å². The van der Waals surface area contributed by atoms with E-state index in [9.17, 15) is 0 Å². The van der Waals surface area contributed by atoms with Gasteiger partial charge in [-0.3, -0.25) is 0 Å². The van der Waals surface area contributed by atoms with Crippen molar-refractivity contribution in [1.29, 1.82) is 0 Å². The molecule has 17 heavy (non-hydrogen) atoms. The van der Waals surface area contributed by atoms with Crippen LogP contribution < -0.4 is 10.1 Å². The van der Waals surface area contributed by atoms with Gasteiger partial charge in [0, 0.05) is 7.05 Å². The Kier molecular flexibility index (Phi) is 3.58. The number of aromatic nitrogens is 2. The minimum absolute atomic E-state index is 0.463. The van der Waals surface area contributed by atoms with Crippen molar-refractivity contribution in [3.63, 3.8) is 0 Å². The van der Waals surface area contributed by atoms with Crippen LogP contribution in [-0.2, 0) is 6.61 Å². The van der Waals surface area contributed by atoms with Crippen molar-refractivity contribution in [2.45, 2.75) is 20.5 Å². The van der Waals surface area contributed by atoms with E-state index in [-0.39, 0.29) is 0 Å². The molecule has 1 aromatic carbocycles. The van der Waals surface area contributed by atoms with Crippen molar-refractivity contribution < 1.29 is 4.74 Å². The predicted octanol–water partition coefficient (Wildman–Crippen LogP) is 2.78. The van der Waals surface area contributed by atoms with Crippen molar-refractivity contribution in [3.8, 4) is 5.75 Å². The van der Waals surface area contributed by atoms with E-state index in [2.05, 4.69) is 15.5 Å². The van der Waals surface area contributed by atoms with E-state index in [1.54, 1.807) is 0 Å². The van der Waals surface area contributed by atoms with E-state index in [4.69, 9.17) is 4.74 Å². The van der Waals surface area contributed by atoms with E-state index in [0.29, 0.717) is 6.61 Å². The molecule has 0 aliphatic heterocycles. The van der Waals surface area contributed by atoms with Crippen LogP contribution in [0.4, 0.5) is 5.13 Å². The van der Waals surface area contributed by atoms with Crippen molar-refractivity contribution in [2.75, 3.05) is 12.4 Å². The second-order valence-electron chi connectivity index (χ2n) is 3.76. The smallest absolute Gasteiger partial charge is 0.205 e.